The number of hydrogen-bond donors (Lipinski definition) is 2. The number of H-pyrrole nitrogens is 1. The molecule has 0 spiro atoms. The molecular formula is C26H31N7O2. The van der Waals surface area contributed by atoms with Gasteiger partial charge in [0.1, 0.15) is 12.2 Å². The Bertz CT molecular complexity index is 1200. The Hall–Kier alpha value is -3.88. The first-order valence-electron chi connectivity index (χ1n) is 12.2. The molecule has 0 fully saturated rings. The number of rotatable bonds is 13. The number of unbranched alkanes of at least 4 members (excludes halogenated alkanes) is 3. The van der Waals surface area contributed by atoms with Crippen molar-refractivity contribution in [2.24, 2.45) is 0 Å². The standard InChI is InChI=1S/C26H31N7O2/c1-2-3-4-5-8-21(15-16-24(34)35)26-27-18-28-33(26)17-19-11-13-20(14-12-19)22-9-6-7-10-23(22)25-29-31-32-30-25/h6-7,9-14,18,21H,2-5,8,15-17H2,1H3,(H,34,35)(H,29,30,31,32). The average molecular weight is 474 g/mol. The topological polar surface area (TPSA) is 122 Å². The van der Waals surface area contributed by atoms with Gasteiger partial charge < -0.3 is 5.11 Å². The fourth-order valence-electron chi connectivity index (χ4n) is 4.41. The molecule has 0 saturated heterocycles. The maximum Gasteiger partial charge on any atom is 0.303 e. The molecule has 0 saturated carbocycles. The molecule has 1 unspecified atom stereocenters. The minimum Gasteiger partial charge on any atom is -0.481 e. The van der Waals surface area contributed by atoms with Crippen LogP contribution in [0.1, 0.15) is 69.2 Å². The van der Waals surface area contributed by atoms with E-state index in [1.54, 1.807) is 6.33 Å². The summed E-state index contributed by atoms with van der Waals surface area (Å²) >= 11 is 0. The van der Waals surface area contributed by atoms with Crippen molar-refractivity contribution >= 4 is 5.97 Å². The molecule has 2 aromatic heterocycles. The molecule has 0 aliphatic rings. The van der Waals surface area contributed by atoms with Crippen LogP contribution in [0.4, 0.5) is 0 Å². The van der Waals surface area contributed by atoms with E-state index in [0.717, 1.165) is 47.3 Å². The van der Waals surface area contributed by atoms with E-state index in [9.17, 15) is 9.90 Å². The van der Waals surface area contributed by atoms with Gasteiger partial charge in [-0.25, -0.2) is 14.8 Å². The van der Waals surface area contributed by atoms with Crippen LogP contribution < -0.4 is 0 Å². The number of aromatic nitrogens is 7. The summed E-state index contributed by atoms with van der Waals surface area (Å²) in [6.45, 7) is 2.77. The number of tetrazole rings is 1. The molecule has 9 heteroatoms. The molecule has 0 aliphatic heterocycles. The van der Waals surface area contributed by atoms with E-state index in [-0.39, 0.29) is 12.3 Å². The summed E-state index contributed by atoms with van der Waals surface area (Å²) in [5, 5.41) is 28.0. The molecule has 0 aliphatic carbocycles. The lowest BCUT2D eigenvalue weighted by Crippen LogP contribution is -2.13. The van der Waals surface area contributed by atoms with Crippen molar-refractivity contribution in [1.29, 1.82) is 0 Å². The van der Waals surface area contributed by atoms with Gasteiger partial charge >= 0.3 is 5.97 Å². The monoisotopic (exact) mass is 473 g/mol. The van der Waals surface area contributed by atoms with Crippen molar-refractivity contribution < 1.29 is 9.90 Å². The third-order valence-electron chi connectivity index (χ3n) is 6.25. The average Bonchev–Trinajstić information content (AvgIpc) is 3.57. The van der Waals surface area contributed by atoms with Gasteiger partial charge in [-0.05, 0) is 40.0 Å². The first kappa shape index (κ1) is 24.3. The number of benzene rings is 2. The van der Waals surface area contributed by atoms with Crippen LogP contribution >= 0.6 is 0 Å². The molecule has 9 nitrogen and oxygen atoms in total. The first-order chi connectivity index (χ1) is 17.2. The molecule has 2 heterocycles. The Labute approximate surface area is 204 Å². The second kappa shape index (κ2) is 12.0. The third kappa shape index (κ3) is 6.38. The van der Waals surface area contributed by atoms with Gasteiger partial charge in [0.05, 0.1) is 6.54 Å². The van der Waals surface area contributed by atoms with Gasteiger partial charge in [0, 0.05) is 17.9 Å². The van der Waals surface area contributed by atoms with Crippen molar-refractivity contribution in [3.63, 3.8) is 0 Å². The highest BCUT2D eigenvalue weighted by Crippen LogP contribution is 2.30. The van der Waals surface area contributed by atoms with Gasteiger partial charge in [-0.3, -0.25) is 4.79 Å². The molecule has 35 heavy (non-hydrogen) atoms. The lowest BCUT2D eigenvalue weighted by Gasteiger charge is -2.17. The van der Waals surface area contributed by atoms with Crippen LogP contribution in [0.3, 0.4) is 0 Å². The zero-order valence-electron chi connectivity index (χ0n) is 20.0. The van der Waals surface area contributed by atoms with Crippen LogP contribution in [0.25, 0.3) is 22.5 Å². The molecular weight excluding hydrogens is 442 g/mol. The molecule has 4 aromatic rings. The second-order valence-corrected chi connectivity index (χ2v) is 8.75. The largest absolute Gasteiger partial charge is 0.481 e. The summed E-state index contributed by atoms with van der Waals surface area (Å²) in [6.07, 6.45) is 7.81. The Morgan fingerprint density at radius 2 is 1.83 bits per heavy atom. The van der Waals surface area contributed by atoms with Gasteiger partial charge in [-0.2, -0.15) is 5.10 Å². The summed E-state index contributed by atoms with van der Waals surface area (Å²) in [7, 11) is 0. The summed E-state index contributed by atoms with van der Waals surface area (Å²) in [6, 6.07) is 16.3. The molecule has 0 amide bonds. The summed E-state index contributed by atoms with van der Waals surface area (Å²) in [5.41, 5.74) is 4.14. The molecule has 0 bridgehead atoms. The van der Waals surface area contributed by atoms with Crippen molar-refractivity contribution in [3.8, 4) is 22.5 Å². The number of aromatic amines is 1. The van der Waals surface area contributed by atoms with Crippen molar-refractivity contribution in [2.75, 3.05) is 0 Å². The summed E-state index contributed by atoms with van der Waals surface area (Å²) in [4.78, 5) is 15.7. The zero-order valence-corrected chi connectivity index (χ0v) is 20.0. The van der Waals surface area contributed by atoms with E-state index < -0.39 is 5.97 Å². The van der Waals surface area contributed by atoms with E-state index in [1.807, 2.05) is 28.9 Å². The fraction of sp³-hybridized carbons (Fsp3) is 0.385. The number of aliphatic carboxylic acids is 1. The number of nitrogens with zero attached hydrogens (tertiary/aromatic N) is 6. The smallest absolute Gasteiger partial charge is 0.303 e. The summed E-state index contributed by atoms with van der Waals surface area (Å²) < 4.78 is 1.91. The highest BCUT2D eigenvalue weighted by Gasteiger charge is 2.19. The summed E-state index contributed by atoms with van der Waals surface area (Å²) in [5.74, 6) is 0.817. The van der Waals surface area contributed by atoms with E-state index >= 15 is 0 Å². The maximum absolute atomic E-state index is 11.2. The molecule has 1 atom stereocenters. The Kier molecular flexibility index (Phi) is 8.32. The highest BCUT2D eigenvalue weighted by atomic mass is 16.4. The molecule has 182 valence electrons. The minimum absolute atomic E-state index is 0.0899. The van der Waals surface area contributed by atoms with Gasteiger partial charge in [-0.1, -0.05) is 81.1 Å². The van der Waals surface area contributed by atoms with Crippen LogP contribution in [0, 0.1) is 0 Å². The minimum atomic E-state index is -0.772. The van der Waals surface area contributed by atoms with Crippen molar-refractivity contribution in [1.82, 2.24) is 35.4 Å². The number of nitrogens with one attached hydrogen (secondary N) is 1. The molecule has 2 aromatic carbocycles. The first-order valence-corrected chi connectivity index (χ1v) is 12.2. The number of carboxylic acid groups (broad SMARTS) is 1. The van der Waals surface area contributed by atoms with E-state index in [4.69, 9.17) is 0 Å². The second-order valence-electron chi connectivity index (χ2n) is 8.75. The van der Waals surface area contributed by atoms with Gasteiger partial charge in [0.15, 0.2) is 5.82 Å². The van der Waals surface area contributed by atoms with Crippen molar-refractivity contribution in [2.45, 2.75) is 64.3 Å². The zero-order chi connectivity index (χ0) is 24.5. The van der Waals surface area contributed by atoms with E-state index in [0.29, 0.717) is 18.8 Å². The predicted molar refractivity (Wildman–Crippen MR) is 133 cm³/mol. The Morgan fingerprint density at radius 1 is 1.03 bits per heavy atom. The number of carbonyl (C=O) groups is 1. The maximum atomic E-state index is 11.2. The normalized spacial score (nSPS) is 12.0. The molecule has 2 N–H and O–H groups in total. The van der Waals surface area contributed by atoms with E-state index in [2.05, 4.69) is 61.9 Å². The number of carboxylic acids is 1. The van der Waals surface area contributed by atoms with Gasteiger partial charge in [-0.15, -0.1) is 5.10 Å². The Balaban J connectivity index is 1.50. The van der Waals surface area contributed by atoms with Crippen LogP contribution in [0.2, 0.25) is 0 Å². The van der Waals surface area contributed by atoms with Crippen molar-refractivity contribution in [3.05, 3.63) is 66.2 Å². The fourth-order valence-corrected chi connectivity index (χ4v) is 4.41. The van der Waals surface area contributed by atoms with E-state index in [1.165, 1.54) is 12.8 Å². The van der Waals surface area contributed by atoms with Gasteiger partial charge in [0.25, 0.3) is 0 Å². The van der Waals surface area contributed by atoms with Crippen LogP contribution in [-0.4, -0.2) is 46.5 Å². The van der Waals surface area contributed by atoms with Crippen LogP contribution in [-0.2, 0) is 11.3 Å². The van der Waals surface area contributed by atoms with Crippen LogP contribution in [0.5, 0.6) is 0 Å². The quantitative estimate of drug-likeness (QED) is 0.259. The molecule has 0 radical (unpaired) electrons. The van der Waals surface area contributed by atoms with Gasteiger partial charge in [0.2, 0.25) is 0 Å². The predicted octanol–water partition coefficient (Wildman–Crippen LogP) is 5.09. The molecule has 4 rings (SSSR count). The Morgan fingerprint density at radius 3 is 2.54 bits per heavy atom. The lowest BCUT2D eigenvalue weighted by molar-refractivity contribution is -0.137. The van der Waals surface area contributed by atoms with Crippen LogP contribution in [0.15, 0.2) is 54.9 Å². The lowest BCUT2D eigenvalue weighted by atomic mass is 9.95. The number of hydrogen-bond acceptors (Lipinski definition) is 6. The highest BCUT2D eigenvalue weighted by molar-refractivity contribution is 5.80. The third-order valence-corrected chi connectivity index (χ3v) is 6.25. The SMILES string of the molecule is CCCCCCC(CCC(=O)O)c1ncnn1Cc1ccc(-c2ccccc2-c2nnn[nH]2)cc1.